The first-order valence-electron chi connectivity index (χ1n) is 8.66. The van der Waals surface area contributed by atoms with E-state index in [0.717, 1.165) is 0 Å². The highest BCUT2D eigenvalue weighted by Gasteiger charge is 2.67. The van der Waals surface area contributed by atoms with Crippen LogP contribution in [0, 0.1) is 23.7 Å². The largest absolute Gasteiger partial charge is 0.465 e. The molecule has 1 aliphatic carbocycles. The molecule has 6 unspecified atom stereocenters. The minimum Gasteiger partial charge on any atom is -0.465 e. The minimum absolute atomic E-state index is 0.0132. The van der Waals surface area contributed by atoms with E-state index in [2.05, 4.69) is 12.2 Å². The van der Waals surface area contributed by atoms with Gasteiger partial charge in [0.15, 0.2) is 5.72 Å². The first-order valence-corrected chi connectivity index (χ1v) is 8.66. The molecule has 0 saturated heterocycles. The number of ether oxygens (including phenoxy) is 4. The molecule has 1 N–H and O–H groups in total. The molecule has 0 aromatic carbocycles. The fraction of sp³-hybridized carbons (Fsp3) is 0.722. The van der Waals surface area contributed by atoms with Crippen LogP contribution in [0.5, 0.6) is 0 Å². The zero-order valence-corrected chi connectivity index (χ0v) is 16.0. The van der Waals surface area contributed by atoms with Gasteiger partial charge in [-0.3, -0.25) is 14.9 Å². The Hall–Kier alpha value is -2.09. The molecule has 8 heteroatoms. The summed E-state index contributed by atoms with van der Waals surface area (Å²) in [6, 6.07) is 0. The van der Waals surface area contributed by atoms with Crippen LogP contribution in [0.15, 0.2) is 11.8 Å². The summed E-state index contributed by atoms with van der Waals surface area (Å²) in [4.78, 5) is 34.5. The molecule has 0 radical (unpaired) electrons. The van der Waals surface area contributed by atoms with Crippen molar-refractivity contribution >= 4 is 17.9 Å². The summed E-state index contributed by atoms with van der Waals surface area (Å²) in [7, 11) is 3.07. The number of esters is 3. The monoisotopic (exact) mass is 369 g/mol. The number of methoxy groups -OCH3 is 1. The lowest BCUT2D eigenvalue weighted by atomic mass is 9.54. The van der Waals surface area contributed by atoms with Gasteiger partial charge < -0.3 is 18.9 Å². The van der Waals surface area contributed by atoms with E-state index in [4.69, 9.17) is 18.9 Å². The molecule has 1 aliphatic heterocycles. The van der Waals surface area contributed by atoms with Gasteiger partial charge in [0.25, 0.3) is 0 Å². The molecule has 6 atom stereocenters. The number of hydrogen-bond acceptors (Lipinski definition) is 8. The second-order valence-corrected chi connectivity index (χ2v) is 6.89. The molecule has 2 aliphatic rings. The van der Waals surface area contributed by atoms with Crippen molar-refractivity contribution in [2.45, 2.75) is 39.5 Å². The van der Waals surface area contributed by atoms with Crippen molar-refractivity contribution in [3.8, 4) is 0 Å². The molecular weight excluding hydrogens is 342 g/mol. The van der Waals surface area contributed by atoms with Crippen molar-refractivity contribution in [2.75, 3.05) is 20.8 Å². The Bertz CT molecular complexity index is 617. The Labute approximate surface area is 153 Å². The molecule has 0 aromatic heterocycles. The number of nitrogens with one attached hydrogen (secondary N) is 1. The number of hydrogen-bond donors (Lipinski definition) is 1. The normalized spacial score (nSPS) is 31.5. The molecule has 0 bridgehead atoms. The van der Waals surface area contributed by atoms with Crippen molar-refractivity contribution in [2.24, 2.45) is 23.7 Å². The van der Waals surface area contributed by atoms with Crippen molar-refractivity contribution in [1.29, 1.82) is 0 Å². The van der Waals surface area contributed by atoms with Crippen LogP contribution in [0.2, 0.25) is 0 Å². The van der Waals surface area contributed by atoms with E-state index >= 15 is 0 Å². The third-order valence-corrected chi connectivity index (χ3v) is 5.43. The van der Waals surface area contributed by atoms with Gasteiger partial charge in [-0.05, 0) is 19.0 Å². The van der Waals surface area contributed by atoms with E-state index in [1.165, 1.54) is 21.0 Å². The molecule has 1 fully saturated rings. The van der Waals surface area contributed by atoms with Crippen molar-refractivity contribution < 1.29 is 33.3 Å². The van der Waals surface area contributed by atoms with Crippen LogP contribution in [0.25, 0.3) is 0 Å². The average molecular weight is 369 g/mol. The zero-order valence-electron chi connectivity index (χ0n) is 16.0. The Balaban J connectivity index is 2.21. The summed E-state index contributed by atoms with van der Waals surface area (Å²) < 4.78 is 21.2. The van der Waals surface area contributed by atoms with Crippen LogP contribution in [-0.2, 0) is 33.3 Å². The number of fused-ring (bicyclic) bond motifs is 1. The number of carbonyl (C=O) groups is 3. The Morgan fingerprint density at radius 2 is 1.96 bits per heavy atom. The minimum atomic E-state index is -0.781. The molecule has 0 amide bonds. The first kappa shape index (κ1) is 20.2. The molecule has 0 spiro atoms. The van der Waals surface area contributed by atoms with Gasteiger partial charge in [-0.25, -0.2) is 4.79 Å². The summed E-state index contributed by atoms with van der Waals surface area (Å²) >= 11 is 0. The summed E-state index contributed by atoms with van der Waals surface area (Å²) in [6.45, 7) is 6.57. The maximum Gasteiger partial charge on any atom is 0.373 e. The van der Waals surface area contributed by atoms with Crippen molar-refractivity contribution in [3.05, 3.63) is 11.8 Å². The quantitative estimate of drug-likeness (QED) is 0.524. The molecular formula is C18H27NO7. The highest BCUT2D eigenvalue weighted by Crippen LogP contribution is 2.58. The van der Waals surface area contributed by atoms with Crippen LogP contribution < -0.4 is 5.32 Å². The van der Waals surface area contributed by atoms with Crippen molar-refractivity contribution in [3.63, 3.8) is 0 Å². The van der Waals surface area contributed by atoms with Crippen LogP contribution in [0.3, 0.4) is 0 Å². The van der Waals surface area contributed by atoms with Crippen LogP contribution >= 0.6 is 0 Å². The highest BCUT2D eigenvalue weighted by atomic mass is 16.6. The molecule has 1 heterocycles. The van der Waals surface area contributed by atoms with Crippen LogP contribution in [-0.4, -0.2) is 50.5 Å². The van der Waals surface area contributed by atoms with Gasteiger partial charge in [-0.15, -0.1) is 0 Å². The summed E-state index contributed by atoms with van der Waals surface area (Å²) in [6.07, 6.45) is 1.17. The predicted molar refractivity (Wildman–Crippen MR) is 90.5 cm³/mol. The third-order valence-electron chi connectivity index (χ3n) is 5.43. The van der Waals surface area contributed by atoms with Crippen LogP contribution in [0.4, 0.5) is 0 Å². The second-order valence-electron chi connectivity index (χ2n) is 6.89. The SMILES string of the molecule is CNC12OC(C(=O)OC)=CC1C(C)C2C(C)C(COC(C)=O)OC(C)=O. The summed E-state index contributed by atoms with van der Waals surface area (Å²) in [5.74, 6) is -1.34. The Kier molecular flexibility index (Phi) is 5.95. The average Bonchev–Trinajstić information content (AvgIpc) is 2.92. The molecule has 8 nitrogen and oxygen atoms in total. The molecule has 2 rings (SSSR count). The molecule has 26 heavy (non-hydrogen) atoms. The van der Waals surface area contributed by atoms with Gasteiger partial charge in [-0.1, -0.05) is 13.8 Å². The van der Waals surface area contributed by atoms with Gasteiger partial charge in [0.1, 0.15) is 12.7 Å². The number of rotatable bonds is 7. The third kappa shape index (κ3) is 3.42. The molecule has 0 aromatic rings. The Morgan fingerprint density at radius 3 is 2.46 bits per heavy atom. The highest BCUT2D eigenvalue weighted by molar-refractivity contribution is 5.87. The fourth-order valence-corrected chi connectivity index (χ4v) is 4.30. The lowest BCUT2D eigenvalue weighted by Gasteiger charge is -2.58. The van der Waals surface area contributed by atoms with E-state index in [0.29, 0.717) is 0 Å². The van der Waals surface area contributed by atoms with Gasteiger partial charge in [-0.2, -0.15) is 0 Å². The fourth-order valence-electron chi connectivity index (χ4n) is 4.30. The lowest BCUT2D eigenvalue weighted by Crippen LogP contribution is -2.70. The van der Waals surface area contributed by atoms with Gasteiger partial charge in [0.2, 0.25) is 5.76 Å². The zero-order chi connectivity index (χ0) is 19.6. The van der Waals surface area contributed by atoms with E-state index in [1.807, 2.05) is 6.92 Å². The Morgan fingerprint density at radius 1 is 1.31 bits per heavy atom. The van der Waals surface area contributed by atoms with E-state index < -0.39 is 29.7 Å². The predicted octanol–water partition coefficient (Wildman–Crippen LogP) is 1.00. The first-order chi connectivity index (χ1) is 12.2. The molecule has 1 saturated carbocycles. The smallest absolute Gasteiger partial charge is 0.373 e. The van der Waals surface area contributed by atoms with E-state index in [1.54, 1.807) is 13.1 Å². The summed E-state index contributed by atoms with van der Waals surface area (Å²) in [5, 5.41) is 3.19. The van der Waals surface area contributed by atoms with E-state index in [-0.39, 0.29) is 36.0 Å². The van der Waals surface area contributed by atoms with Gasteiger partial charge in [0.05, 0.1) is 7.11 Å². The number of carbonyl (C=O) groups excluding carboxylic acids is 3. The van der Waals surface area contributed by atoms with Gasteiger partial charge in [0, 0.05) is 31.6 Å². The lowest BCUT2D eigenvalue weighted by molar-refractivity contribution is -0.221. The topological polar surface area (TPSA) is 100 Å². The standard InChI is InChI=1S/C18H27NO7/c1-9-13-7-14(17(22)23-6)26-18(13,19-5)16(9)10(2)15(25-12(4)21)8-24-11(3)20/h7,9-10,13,15-16,19H,8H2,1-6H3. The van der Waals surface area contributed by atoms with Gasteiger partial charge >= 0.3 is 17.9 Å². The second kappa shape index (κ2) is 7.65. The molecule has 146 valence electrons. The van der Waals surface area contributed by atoms with Crippen LogP contribution in [0.1, 0.15) is 27.7 Å². The van der Waals surface area contributed by atoms with E-state index in [9.17, 15) is 14.4 Å². The maximum atomic E-state index is 11.9. The summed E-state index contributed by atoms with van der Waals surface area (Å²) in [5.41, 5.74) is -0.781. The maximum absolute atomic E-state index is 11.9. The van der Waals surface area contributed by atoms with Crippen molar-refractivity contribution in [1.82, 2.24) is 5.32 Å².